The van der Waals surface area contributed by atoms with Gasteiger partial charge in [0, 0.05) is 25.1 Å². The molecule has 1 aromatic rings. The molecule has 1 saturated carbocycles. The molecule has 2 rings (SSSR count). The average molecular weight is 243 g/mol. The topological polar surface area (TPSA) is 12.0 Å². The summed E-state index contributed by atoms with van der Waals surface area (Å²) in [5, 5.41) is 3.02. The van der Waals surface area contributed by atoms with E-state index < -0.39 is 5.92 Å². The highest BCUT2D eigenvalue weighted by Gasteiger charge is 2.38. The molecule has 1 atom stereocenters. The highest BCUT2D eigenvalue weighted by molar-refractivity contribution is 5.45. The van der Waals surface area contributed by atoms with Gasteiger partial charge in [-0.2, -0.15) is 0 Å². The van der Waals surface area contributed by atoms with Crippen LogP contribution in [-0.4, -0.2) is 12.5 Å². The molecule has 1 nitrogen and oxygen atoms in total. The maximum Gasteiger partial charge on any atom is 0.248 e. The third-order valence-corrected chi connectivity index (χ3v) is 3.27. The molecule has 0 radical (unpaired) electrons. The lowest BCUT2D eigenvalue weighted by Crippen LogP contribution is -2.15. The lowest BCUT2D eigenvalue weighted by molar-refractivity contribution is 0.00556. The quantitative estimate of drug-likeness (QED) is 0.846. The van der Waals surface area contributed by atoms with Crippen LogP contribution < -0.4 is 5.32 Å². The largest absolute Gasteiger partial charge is 0.385 e. The van der Waals surface area contributed by atoms with Crippen molar-refractivity contribution < 1.29 is 13.2 Å². The van der Waals surface area contributed by atoms with Crippen LogP contribution in [0.4, 0.5) is 18.9 Å². The average Bonchev–Trinajstić information content (AvgIpc) is 2.60. The number of rotatable bonds is 3. The second-order valence-electron chi connectivity index (χ2n) is 4.81. The maximum absolute atomic E-state index is 13.2. The number of aryl methyl sites for hydroxylation is 1. The van der Waals surface area contributed by atoms with E-state index in [1.54, 1.807) is 19.1 Å². The zero-order valence-electron chi connectivity index (χ0n) is 9.77. The lowest BCUT2D eigenvalue weighted by Gasteiger charge is -2.13. The molecule has 1 unspecified atom stereocenters. The smallest absolute Gasteiger partial charge is 0.248 e. The highest BCUT2D eigenvalue weighted by atomic mass is 19.3. The molecule has 0 amide bonds. The number of benzene rings is 1. The minimum absolute atomic E-state index is 0.0191. The van der Waals surface area contributed by atoms with E-state index in [0.29, 0.717) is 24.2 Å². The van der Waals surface area contributed by atoms with Gasteiger partial charge < -0.3 is 5.32 Å². The second-order valence-corrected chi connectivity index (χ2v) is 4.81. The molecule has 1 N–H and O–H groups in total. The zero-order chi connectivity index (χ0) is 12.5. The molecule has 4 heteroatoms. The van der Waals surface area contributed by atoms with Crippen LogP contribution in [0, 0.1) is 18.7 Å². The van der Waals surface area contributed by atoms with Gasteiger partial charge in [0.05, 0.1) is 0 Å². The normalized spacial score (nSPS) is 22.7. The van der Waals surface area contributed by atoms with Crippen LogP contribution in [0.2, 0.25) is 0 Å². The number of halogens is 3. The van der Waals surface area contributed by atoms with Gasteiger partial charge in [0.25, 0.3) is 0 Å². The van der Waals surface area contributed by atoms with Crippen molar-refractivity contribution in [3.63, 3.8) is 0 Å². The van der Waals surface area contributed by atoms with Crippen molar-refractivity contribution in [1.82, 2.24) is 0 Å². The Morgan fingerprint density at radius 2 is 2.18 bits per heavy atom. The van der Waals surface area contributed by atoms with E-state index in [-0.39, 0.29) is 24.6 Å². The van der Waals surface area contributed by atoms with Crippen LogP contribution in [0.15, 0.2) is 18.2 Å². The number of nitrogens with one attached hydrogen (secondary N) is 1. The Kier molecular flexibility index (Phi) is 3.31. The molecule has 1 aliphatic rings. The summed E-state index contributed by atoms with van der Waals surface area (Å²) in [6.45, 7) is 2.18. The van der Waals surface area contributed by atoms with E-state index in [1.165, 1.54) is 6.07 Å². The molecule has 1 aliphatic carbocycles. The molecule has 94 valence electrons. The van der Waals surface area contributed by atoms with Crippen molar-refractivity contribution in [2.45, 2.75) is 32.1 Å². The third-order valence-electron chi connectivity index (χ3n) is 3.27. The van der Waals surface area contributed by atoms with Crippen molar-refractivity contribution in [2.24, 2.45) is 5.92 Å². The van der Waals surface area contributed by atoms with Gasteiger partial charge in [-0.1, -0.05) is 6.07 Å². The first kappa shape index (κ1) is 12.3. The van der Waals surface area contributed by atoms with Gasteiger partial charge in [0.1, 0.15) is 5.82 Å². The molecular weight excluding hydrogens is 227 g/mol. The van der Waals surface area contributed by atoms with Gasteiger partial charge in [0.15, 0.2) is 0 Å². The molecule has 1 aromatic carbocycles. The van der Waals surface area contributed by atoms with Crippen LogP contribution in [0.25, 0.3) is 0 Å². The summed E-state index contributed by atoms with van der Waals surface area (Å²) in [6, 6.07) is 4.86. The molecule has 17 heavy (non-hydrogen) atoms. The summed E-state index contributed by atoms with van der Waals surface area (Å²) >= 11 is 0. The zero-order valence-corrected chi connectivity index (χ0v) is 9.77. The molecule has 0 aliphatic heterocycles. The van der Waals surface area contributed by atoms with Crippen LogP contribution >= 0.6 is 0 Å². The fourth-order valence-electron chi connectivity index (χ4n) is 2.18. The van der Waals surface area contributed by atoms with Crippen molar-refractivity contribution in [3.8, 4) is 0 Å². The van der Waals surface area contributed by atoms with Crippen LogP contribution in [-0.2, 0) is 0 Å². The van der Waals surface area contributed by atoms with Gasteiger partial charge in [-0.3, -0.25) is 0 Å². The molecule has 0 aromatic heterocycles. The second kappa shape index (κ2) is 4.59. The third kappa shape index (κ3) is 3.14. The molecule has 0 heterocycles. The Labute approximate surface area is 99.0 Å². The fraction of sp³-hybridized carbons (Fsp3) is 0.538. The van der Waals surface area contributed by atoms with Gasteiger partial charge in [-0.15, -0.1) is 0 Å². The SMILES string of the molecule is Cc1ccc(NCC2CCC(F)(F)C2)cc1F. The first-order chi connectivity index (χ1) is 7.96. The van der Waals surface area contributed by atoms with Gasteiger partial charge in [-0.05, 0) is 37.0 Å². The fourth-order valence-corrected chi connectivity index (χ4v) is 2.18. The van der Waals surface area contributed by atoms with Crippen LogP contribution in [0.1, 0.15) is 24.8 Å². The van der Waals surface area contributed by atoms with E-state index in [2.05, 4.69) is 5.32 Å². The predicted octanol–water partition coefficient (Wildman–Crippen LogP) is 3.98. The van der Waals surface area contributed by atoms with Gasteiger partial charge in [-0.25, -0.2) is 13.2 Å². The first-order valence-electron chi connectivity index (χ1n) is 5.84. The van der Waals surface area contributed by atoms with Crippen LogP contribution in [0.3, 0.4) is 0 Å². The summed E-state index contributed by atoms with van der Waals surface area (Å²) in [5.74, 6) is -2.80. The van der Waals surface area contributed by atoms with E-state index in [0.717, 1.165) is 0 Å². The van der Waals surface area contributed by atoms with Crippen molar-refractivity contribution in [2.75, 3.05) is 11.9 Å². The Morgan fingerprint density at radius 3 is 2.76 bits per heavy atom. The summed E-state index contributed by atoms with van der Waals surface area (Å²) in [5.41, 5.74) is 1.24. The molecular formula is C13H16F3N. The lowest BCUT2D eigenvalue weighted by atomic mass is 10.1. The van der Waals surface area contributed by atoms with Crippen molar-refractivity contribution in [3.05, 3.63) is 29.6 Å². The van der Waals surface area contributed by atoms with Crippen LogP contribution in [0.5, 0.6) is 0 Å². The van der Waals surface area contributed by atoms with E-state index in [9.17, 15) is 13.2 Å². The van der Waals surface area contributed by atoms with Crippen molar-refractivity contribution >= 4 is 5.69 Å². The first-order valence-corrected chi connectivity index (χ1v) is 5.84. The van der Waals surface area contributed by atoms with E-state index in [1.807, 2.05) is 0 Å². The minimum atomic E-state index is -2.51. The summed E-state index contributed by atoms with van der Waals surface area (Å²) in [6.07, 6.45) is 0.449. The van der Waals surface area contributed by atoms with Crippen molar-refractivity contribution in [1.29, 1.82) is 0 Å². The molecule has 1 fully saturated rings. The van der Waals surface area contributed by atoms with Gasteiger partial charge in [0.2, 0.25) is 5.92 Å². The highest BCUT2D eigenvalue weighted by Crippen LogP contribution is 2.38. The Morgan fingerprint density at radius 1 is 1.41 bits per heavy atom. The van der Waals surface area contributed by atoms with E-state index >= 15 is 0 Å². The monoisotopic (exact) mass is 243 g/mol. The van der Waals surface area contributed by atoms with E-state index in [4.69, 9.17) is 0 Å². The Balaban J connectivity index is 1.88. The number of alkyl halides is 2. The Hall–Kier alpha value is -1.19. The van der Waals surface area contributed by atoms with Gasteiger partial charge >= 0.3 is 0 Å². The summed E-state index contributed by atoms with van der Waals surface area (Å²) in [4.78, 5) is 0. The molecule has 0 bridgehead atoms. The summed E-state index contributed by atoms with van der Waals surface area (Å²) in [7, 11) is 0. The summed E-state index contributed by atoms with van der Waals surface area (Å²) < 4.78 is 39.1. The standard InChI is InChI=1S/C13H16F3N/c1-9-2-3-11(6-12(9)14)17-8-10-4-5-13(15,16)7-10/h2-3,6,10,17H,4-5,7-8H2,1H3. The predicted molar refractivity (Wildman–Crippen MR) is 61.9 cm³/mol. The number of anilines is 1. The molecule has 0 saturated heterocycles. The number of hydrogen-bond donors (Lipinski definition) is 1. The number of hydrogen-bond acceptors (Lipinski definition) is 1. The maximum atomic E-state index is 13.2. The molecule has 0 spiro atoms. The minimum Gasteiger partial charge on any atom is -0.385 e. The Bertz CT molecular complexity index is 404.